The second-order valence-corrected chi connectivity index (χ2v) is 8.72. The van der Waals surface area contributed by atoms with E-state index in [0.29, 0.717) is 21.1 Å². The van der Waals surface area contributed by atoms with Crippen LogP contribution in [0.25, 0.3) is 17.0 Å². The maximum absolute atomic E-state index is 13.0. The highest BCUT2D eigenvalue weighted by Gasteiger charge is 2.19. The van der Waals surface area contributed by atoms with Crippen LogP contribution in [0.4, 0.5) is 0 Å². The third-order valence-corrected chi connectivity index (χ3v) is 6.03. The summed E-state index contributed by atoms with van der Waals surface area (Å²) >= 11 is 3.34. The van der Waals surface area contributed by atoms with Gasteiger partial charge in [0.1, 0.15) is 11.4 Å². The Bertz CT molecular complexity index is 1530. The number of hydrogen-bond donors (Lipinski definition) is 3. The van der Waals surface area contributed by atoms with Crippen LogP contribution in [-0.4, -0.2) is 40.2 Å². The molecule has 0 aliphatic heterocycles. The van der Waals surface area contributed by atoms with Crippen molar-refractivity contribution in [1.82, 2.24) is 20.8 Å². The van der Waals surface area contributed by atoms with E-state index in [4.69, 9.17) is 4.74 Å². The van der Waals surface area contributed by atoms with Gasteiger partial charge in [0.15, 0.2) is 0 Å². The molecule has 0 spiro atoms. The zero-order valence-electron chi connectivity index (χ0n) is 19.6. The molecule has 4 aromatic rings. The highest BCUT2D eigenvalue weighted by molar-refractivity contribution is 9.10. The summed E-state index contributed by atoms with van der Waals surface area (Å²) < 4.78 is 5.20. The highest BCUT2D eigenvalue weighted by Crippen LogP contribution is 2.21. The molecule has 0 saturated carbocycles. The number of ether oxygens (including phenoxy) is 1. The number of aromatic hydroxyl groups is 1. The van der Waals surface area contributed by atoms with Crippen molar-refractivity contribution < 1.29 is 24.2 Å². The summed E-state index contributed by atoms with van der Waals surface area (Å²) in [5, 5.41) is 23.7. The monoisotopic (exact) mass is 560 g/mol. The molecule has 3 N–H and O–H groups in total. The molecule has 3 aromatic carbocycles. The van der Waals surface area contributed by atoms with Crippen LogP contribution in [0, 0.1) is 0 Å². The number of halogens is 1. The van der Waals surface area contributed by atoms with Gasteiger partial charge >= 0.3 is 5.97 Å². The molecule has 0 atom stereocenters. The Morgan fingerprint density at radius 1 is 1.03 bits per heavy atom. The average Bonchev–Trinajstić information content (AvgIpc) is 2.91. The second-order valence-electron chi connectivity index (χ2n) is 7.87. The Balaban J connectivity index is 1.52. The molecule has 0 fully saturated rings. The van der Waals surface area contributed by atoms with Crippen molar-refractivity contribution in [2.24, 2.45) is 0 Å². The van der Waals surface area contributed by atoms with E-state index in [-0.39, 0.29) is 29.5 Å². The quantitative estimate of drug-likeness (QED) is 0.230. The van der Waals surface area contributed by atoms with E-state index in [1.807, 2.05) is 18.2 Å². The molecular formula is C27H21BrN4O5. The van der Waals surface area contributed by atoms with Gasteiger partial charge in [-0.15, -0.1) is 0 Å². The van der Waals surface area contributed by atoms with E-state index < -0.39 is 11.9 Å². The minimum absolute atomic E-state index is 0.0921. The first-order valence-corrected chi connectivity index (χ1v) is 11.8. The van der Waals surface area contributed by atoms with E-state index in [1.165, 1.54) is 37.6 Å². The van der Waals surface area contributed by atoms with E-state index >= 15 is 0 Å². The third kappa shape index (κ3) is 6.17. The van der Waals surface area contributed by atoms with Gasteiger partial charge in [0.25, 0.3) is 11.8 Å². The van der Waals surface area contributed by atoms with Crippen molar-refractivity contribution >= 4 is 50.7 Å². The molecule has 0 unspecified atom stereocenters. The number of hydrogen-bond acceptors (Lipinski definition) is 7. The number of phenolic OH excluding ortho intramolecular Hbond substituents is 1. The van der Waals surface area contributed by atoms with Crippen molar-refractivity contribution in [2.75, 3.05) is 7.11 Å². The summed E-state index contributed by atoms with van der Waals surface area (Å²) in [5.74, 6) is -1.57. The number of nitrogens with one attached hydrogen (secondary N) is 2. The minimum atomic E-state index is -0.742. The molecule has 1 aromatic heterocycles. The molecule has 1 heterocycles. The van der Waals surface area contributed by atoms with E-state index in [9.17, 15) is 19.5 Å². The number of phenols is 1. The number of carbonyl (C=O) groups is 3. The van der Waals surface area contributed by atoms with Crippen LogP contribution in [0.3, 0.4) is 0 Å². The predicted octanol–water partition coefficient (Wildman–Crippen LogP) is 3.97. The molecule has 0 aliphatic rings. The Hall–Kier alpha value is -4.57. The number of methoxy groups -OCH3 is 1. The lowest BCUT2D eigenvalue weighted by molar-refractivity contribution is -0.136. The molecule has 0 aliphatic carbocycles. The van der Waals surface area contributed by atoms with Crippen LogP contribution in [0.1, 0.15) is 31.8 Å². The largest absolute Gasteiger partial charge is 0.508 e. The fourth-order valence-electron chi connectivity index (χ4n) is 3.54. The molecule has 4 rings (SSSR count). The smallest absolute Gasteiger partial charge is 0.354 e. The van der Waals surface area contributed by atoms with Gasteiger partial charge < -0.3 is 20.5 Å². The number of fused-ring (bicyclic) bond motifs is 1. The van der Waals surface area contributed by atoms with Crippen LogP contribution in [0.2, 0.25) is 0 Å². The molecule has 0 bridgehead atoms. The SMILES string of the molecule is COC(=O)C(=Cc1cnnc2ccccc12)NC(=O)c1ccc(C(=O)NCc2cccc(O)c2)cc1Br. The first-order valence-electron chi connectivity index (χ1n) is 11.0. The van der Waals surface area contributed by atoms with Gasteiger partial charge in [-0.25, -0.2) is 4.79 Å². The van der Waals surface area contributed by atoms with Gasteiger partial charge in [-0.1, -0.05) is 30.3 Å². The molecule has 10 heteroatoms. The molecule has 9 nitrogen and oxygen atoms in total. The lowest BCUT2D eigenvalue weighted by Gasteiger charge is -2.11. The summed E-state index contributed by atoms with van der Waals surface area (Å²) in [6.07, 6.45) is 2.95. The molecule has 37 heavy (non-hydrogen) atoms. The molecule has 0 saturated heterocycles. The number of rotatable bonds is 7. The summed E-state index contributed by atoms with van der Waals surface area (Å²) in [6, 6.07) is 18.3. The molecule has 2 amide bonds. The Kier molecular flexibility index (Phi) is 7.89. The number of esters is 1. The number of carbonyl (C=O) groups excluding carboxylic acids is 3. The zero-order chi connectivity index (χ0) is 26.4. The lowest BCUT2D eigenvalue weighted by Crippen LogP contribution is -2.28. The predicted molar refractivity (Wildman–Crippen MR) is 140 cm³/mol. The van der Waals surface area contributed by atoms with Crippen LogP contribution in [0.15, 0.2) is 83.1 Å². The minimum Gasteiger partial charge on any atom is -0.508 e. The molecular weight excluding hydrogens is 540 g/mol. The second kappa shape index (κ2) is 11.4. The first-order chi connectivity index (χ1) is 17.9. The van der Waals surface area contributed by atoms with Gasteiger partial charge in [0.05, 0.1) is 24.4 Å². The van der Waals surface area contributed by atoms with Gasteiger partial charge in [-0.05, 0) is 64.0 Å². The number of nitrogens with zero attached hydrogens (tertiary/aromatic N) is 2. The van der Waals surface area contributed by atoms with E-state index in [1.54, 1.807) is 30.3 Å². The maximum atomic E-state index is 13.0. The van der Waals surface area contributed by atoms with Crippen LogP contribution in [0.5, 0.6) is 5.75 Å². The standard InChI is InChI=1S/C27H21BrN4O5/c1-37-27(36)24(13-18-15-30-32-23-8-3-2-7-20(18)23)31-26(35)21-10-9-17(12-22(21)28)25(34)29-14-16-5-4-6-19(33)11-16/h2-13,15,33H,14H2,1H3,(H,29,34)(H,31,35). The zero-order valence-corrected chi connectivity index (χ0v) is 21.2. The fourth-order valence-corrected chi connectivity index (χ4v) is 4.09. The van der Waals surface area contributed by atoms with Gasteiger partial charge in [0.2, 0.25) is 0 Å². The van der Waals surface area contributed by atoms with E-state index in [2.05, 4.69) is 36.8 Å². The van der Waals surface area contributed by atoms with Crippen molar-refractivity contribution in [1.29, 1.82) is 0 Å². The summed E-state index contributed by atoms with van der Waals surface area (Å²) in [7, 11) is 1.21. The average molecular weight is 561 g/mol. The Morgan fingerprint density at radius 3 is 2.59 bits per heavy atom. The van der Waals surface area contributed by atoms with E-state index in [0.717, 1.165) is 10.9 Å². The highest BCUT2D eigenvalue weighted by atomic mass is 79.9. The summed E-state index contributed by atoms with van der Waals surface area (Å²) in [5.41, 5.74) is 2.38. The topological polar surface area (TPSA) is 131 Å². The number of amides is 2. The lowest BCUT2D eigenvalue weighted by atomic mass is 10.1. The Morgan fingerprint density at radius 2 is 1.84 bits per heavy atom. The number of aromatic nitrogens is 2. The van der Waals surface area contributed by atoms with Crippen molar-refractivity contribution in [3.8, 4) is 5.75 Å². The van der Waals surface area contributed by atoms with Crippen LogP contribution < -0.4 is 10.6 Å². The normalized spacial score (nSPS) is 11.1. The first kappa shape index (κ1) is 25.5. The van der Waals surface area contributed by atoms with Crippen molar-refractivity contribution in [3.05, 3.63) is 105 Å². The van der Waals surface area contributed by atoms with Crippen molar-refractivity contribution in [3.63, 3.8) is 0 Å². The molecule has 186 valence electrons. The fraction of sp³-hybridized carbons (Fsp3) is 0.0741. The van der Waals surface area contributed by atoms with Gasteiger partial charge in [-0.2, -0.15) is 10.2 Å². The third-order valence-electron chi connectivity index (χ3n) is 5.37. The summed E-state index contributed by atoms with van der Waals surface area (Å²) in [6.45, 7) is 0.221. The van der Waals surface area contributed by atoms with Gasteiger partial charge in [-0.3, -0.25) is 9.59 Å². The maximum Gasteiger partial charge on any atom is 0.354 e. The summed E-state index contributed by atoms with van der Waals surface area (Å²) in [4.78, 5) is 38.0. The number of benzene rings is 3. The van der Waals surface area contributed by atoms with Gasteiger partial charge in [0, 0.05) is 27.5 Å². The van der Waals surface area contributed by atoms with Crippen molar-refractivity contribution in [2.45, 2.75) is 6.54 Å². The van der Waals surface area contributed by atoms with Crippen LogP contribution in [-0.2, 0) is 16.1 Å². The van der Waals surface area contributed by atoms with Crippen LogP contribution >= 0.6 is 15.9 Å². The molecule has 0 radical (unpaired) electrons. The Labute approximate surface area is 220 Å².